The van der Waals surface area contributed by atoms with Crippen LogP contribution in [-0.2, 0) is 11.0 Å². The quantitative estimate of drug-likeness (QED) is 0.630. The number of fused-ring (bicyclic) bond motifs is 1. The average Bonchev–Trinajstić information content (AvgIpc) is 3.28. The second-order valence-corrected chi connectivity index (χ2v) is 6.02. The molecule has 10 heteroatoms. The summed E-state index contributed by atoms with van der Waals surface area (Å²) in [5, 5.41) is 4.20. The molecule has 0 atom stereocenters. The molecule has 0 saturated carbocycles. The van der Waals surface area contributed by atoms with Gasteiger partial charge in [-0.15, -0.1) is 0 Å². The highest BCUT2D eigenvalue weighted by molar-refractivity contribution is 6.21. The largest absolute Gasteiger partial charge is 0.416 e. The molecule has 2 aromatic carbocycles. The number of aromatic nitrogens is 2. The second-order valence-electron chi connectivity index (χ2n) is 6.02. The van der Waals surface area contributed by atoms with Gasteiger partial charge >= 0.3 is 12.1 Å². The van der Waals surface area contributed by atoms with Gasteiger partial charge in [-0.25, -0.2) is 9.48 Å². The molecule has 1 aromatic heterocycles. The number of amides is 2. The maximum absolute atomic E-state index is 12.9. The Morgan fingerprint density at radius 3 is 2.21 bits per heavy atom. The van der Waals surface area contributed by atoms with Crippen molar-refractivity contribution in [3.8, 4) is 5.69 Å². The number of halogens is 3. The monoisotopic (exact) mass is 401 g/mol. The summed E-state index contributed by atoms with van der Waals surface area (Å²) < 4.78 is 39.6. The van der Waals surface area contributed by atoms with Crippen LogP contribution in [0.25, 0.3) is 5.69 Å². The maximum Gasteiger partial charge on any atom is 0.416 e. The van der Waals surface area contributed by atoms with Crippen LogP contribution in [0.4, 0.5) is 13.2 Å². The van der Waals surface area contributed by atoms with Crippen LogP contribution in [0, 0.1) is 0 Å². The van der Waals surface area contributed by atoms with E-state index in [1.807, 2.05) is 0 Å². The molecule has 146 valence electrons. The fraction of sp³-hybridized carbons (Fsp3) is 0.0526. The van der Waals surface area contributed by atoms with E-state index in [0.717, 1.165) is 16.8 Å². The summed E-state index contributed by atoms with van der Waals surface area (Å²) in [5.74, 6) is -2.70. The summed E-state index contributed by atoms with van der Waals surface area (Å²) in [5.41, 5.74) is -0.904. The van der Waals surface area contributed by atoms with Gasteiger partial charge in [0.15, 0.2) is 5.69 Å². The first-order chi connectivity index (χ1) is 13.8. The number of nitrogens with zero attached hydrogens (tertiary/aromatic N) is 3. The summed E-state index contributed by atoms with van der Waals surface area (Å²) in [6, 6.07) is 11.5. The van der Waals surface area contributed by atoms with Crippen molar-refractivity contribution < 1.29 is 32.4 Å². The number of hydrogen-bond donors (Lipinski definition) is 0. The molecule has 3 aromatic rings. The van der Waals surface area contributed by atoms with Gasteiger partial charge in [0, 0.05) is 6.20 Å². The molecule has 0 unspecified atom stereocenters. The molecule has 0 radical (unpaired) electrons. The van der Waals surface area contributed by atoms with E-state index in [2.05, 4.69) is 5.10 Å². The van der Waals surface area contributed by atoms with Crippen LogP contribution in [0.5, 0.6) is 0 Å². The summed E-state index contributed by atoms with van der Waals surface area (Å²) >= 11 is 0. The molecular formula is C19H10F3N3O4. The van der Waals surface area contributed by atoms with Crippen molar-refractivity contribution in [2.45, 2.75) is 6.18 Å². The topological polar surface area (TPSA) is 81.5 Å². The van der Waals surface area contributed by atoms with Gasteiger partial charge in [-0.2, -0.15) is 18.3 Å². The lowest BCUT2D eigenvalue weighted by Gasteiger charge is -2.11. The average molecular weight is 401 g/mol. The van der Waals surface area contributed by atoms with Crippen LogP contribution < -0.4 is 0 Å². The third kappa shape index (κ3) is 3.24. The van der Waals surface area contributed by atoms with E-state index in [4.69, 9.17) is 4.84 Å². The van der Waals surface area contributed by atoms with E-state index in [9.17, 15) is 27.6 Å². The van der Waals surface area contributed by atoms with E-state index in [1.54, 1.807) is 12.1 Å². The highest BCUT2D eigenvalue weighted by atomic mass is 19.4. The lowest BCUT2D eigenvalue weighted by Crippen LogP contribution is -2.32. The first-order valence-electron chi connectivity index (χ1n) is 8.19. The lowest BCUT2D eigenvalue weighted by molar-refractivity contribution is -0.137. The van der Waals surface area contributed by atoms with Crippen LogP contribution in [0.3, 0.4) is 0 Å². The molecule has 0 spiro atoms. The molecule has 7 nitrogen and oxygen atoms in total. The van der Waals surface area contributed by atoms with E-state index < -0.39 is 29.5 Å². The highest BCUT2D eigenvalue weighted by Crippen LogP contribution is 2.30. The molecule has 2 amide bonds. The van der Waals surface area contributed by atoms with Gasteiger partial charge < -0.3 is 4.84 Å². The SMILES string of the molecule is O=C(ON1C(=O)c2ccccc2C1=O)c1ccn(-c2cccc(C(F)(F)F)c2)n1. The van der Waals surface area contributed by atoms with Gasteiger partial charge in [-0.3, -0.25) is 9.59 Å². The molecule has 4 rings (SSSR count). The third-order valence-corrected chi connectivity index (χ3v) is 4.17. The Morgan fingerprint density at radius 1 is 0.931 bits per heavy atom. The Labute approximate surface area is 160 Å². The van der Waals surface area contributed by atoms with Crippen LogP contribution in [0.1, 0.15) is 36.8 Å². The van der Waals surface area contributed by atoms with Crippen LogP contribution in [0.2, 0.25) is 0 Å². The number of hydroxylamine groups is 2. The molecule has 0 N–H and O–H groups in total. The smallest absolute Gasteiger partial charge is 0.322 e. The van der Waals surface area contributed by atoms with Gasteiger partial charge in [-0.1, -0.05) is 23.3 Å². The number of hydrogen-bond acceptors (Lipinski definition) is 5. The normalized spacial score (nSPS) is 13.6. The molecule has 1 aliphatic rings. The minimum Gasteiger partial charge on any atom is -0.322 e. The van der Waals surface area contributed by atoms with Crippen LogP contribution >= 0.6 is 0 Å². The zero-order chi connectivity index (χ0) is 20.8. The molecule has 0 bridgehead atoms. The number of alkyl halides is 3. The van der Waals surface area contributed by atoms with Crippen molar-refractivity contribution in [3.63, 3.8) is 0 Å². The first kappa shape index (κ1) is 18.4. The zero-order valence-corrected chi connectivity index (χ0v) is 14.4. The fourth-order valence-electron chi connectivity index (χ4n) is 2.78. The fourth-order valence-corrected chi connectivity index (χ4v) is 2.78. The van der Waals surface area contributed by atoms with Crippen LogP contribution in [-0.4, -0.2) is 32.6 Å². The molecule has 1 aliphatic heterocycles. The van der Waals surface area contributed by atoms with Crippen molar-refractivity contribution in [2.75, 3.05) is 0 Å². The summed E-state index contributed by atoms with van der Waals surface area (Å²) in [7, 11) is 0. The van der Waals surface area contributed by atoms with Crippen molar-refractivity contribution in [1.29, 1.82) is 0 Å². The Hall–Kier alpha value is -3.95. The first-order valence-corrected chi connectivity index (χ1v) is 8.19. The molecular weight excluding hydrogens is 391 g/mol. The molecule has 2 heterocycles. The standard InChI is InChI=1S/C19H10F3N3O4/c20-19(21,22)11-4-3-5-12(10-11)24-9-8-15(23-24)18(28)29-25-16(26)13-6-1-2-7-14(13)17(25)27/h1-10H. The number of carbonyl (C=O) groups excluding carboxylic acids is 3. The van der Waals surface area contributed by atoms with Gasteiger partial charge in [-0.05, 0) is 36.4 Å². The zero-order valence-electron chi connectivity index (χ0n) is 14.4. The van der Waals surface area contributed by atoms with Gasteiger partial charge in [0.1, 0.15) is 0 Å². The minimum atomic E-state index is -4.53. The minimum absolute atomic E-state index is 0.0691. The Morgan fingerprint density at radius 2 is 1.59 bits per heavy atom. The molecule has 0 aliphatic carbocycles. The van der Waals surface area contributed by atoms with Crippen molar-refractivity contribution >= 4 is 17.8 Å². The van der Waals surface area contributed by atoms with Gasteiger partial charge in [0.25, 0.3) is 11.8 Å². The number of carbonyl (C=O) groups is 3. The number of imide groups is 1. The highest BCUT2D eigenvalue weighted by Gasteiger charge is 2.39. The number of benzene rings is 2. The second kappa shape index (κ2) is 6.59. The van der Waals surface area contributed by atoms with E-state index in [-0.39, 0.29) is 22.5 Å². The van der Waals surface area contributed by atoms with Crippen molar-refractivity contribution in [2.24, 2.45) is 0 Å². The van der Waals surface area contributed by atoms with Crippen LogP contribution in [0.15, 0.2) is 60.8 Å². The Balaban J connectivity index is 1.55. The lowest BCUT2D eigenvalue weighted by atomic mass is 10.1. The summed E-state index contributed by atoms with van der Waals surface area (Å²) in [6.07, 6.45) is -3.27. The van der Waals surface area contributed by atoms with E-state index in [0.29, 0.717) is 5.06 Å². The van der Waals surface area contributed by atoms with E-state index in [1.165, 1.54) is 36.5 Å². The van der Waals surface area contributed by atoms with Crippen molar-refractivity contribution in [3.05, 3.63) is 83.2 Å². The molecule has 0 saturated heterocycles. The predicted molar refractivity (Wildman–Crippen MR) is 90.9 cm³/mol. The third-order valence-electron chi connectivity index (χ3n) is 4.17. The Kier molecular flexibility index (Phi) is 4.18. The predicted octanol–water partition coefficient (Wildman–Crippen LogP) is 3.26. The van der Waals surface area contributed by atoms with Crippen molar-refractivity contribution in [1.82, 2.24) is 14.8 Å². The summed E-state index contributed by atoms with van der Waals surface area (Å²) in [6.45, 7) is 0. The van der Waals surface area contributed by atoms with Gasteiger partial charge in [0.2, 0.25) is 0 Å². The van der Waals surface area contributed by atoms with E-state index >= 15 is 0 Å². The Bertz CT molecular complexity index is 1120. The molecule has 0 fully saturated rings. The number of rotatable bonds is 3. The maximum atomic E-state index is 12.9. The van der Waals surface area contributed by atoms with Gasteiger partial charge in [0.05, 0.1) is 22.4 Å². The summed E-state index contributed by atoms with van der Waals surface area (Å²) in [4.78, 5) is 41.6. The molecule has 29 heavy (non-hydrogen) atoms.